The van der Waals surface area contributed by atoms with Crippen LogP contribution < -0.4 is 5.32 Å². The van der Waals surface area contributed by atoms with E-state index < -0.39 is 0 Å². The Morgan fingerprint density at radius 1 is 1.16 bits per heavy atom. The molecular weight excluding hydrogens is 314 g/mol. The minimum Gasteiger partial charge on any atom is -0.349 e. The number of aryl methyl sites for hydroxylation is 3. The topological polar surface area (TPSA) is 71.0 Å². The molecule has 6 heteroatoms. The fraction of sp³-hybridized carbons (Fsp3) is 0.474. The van der Waals surface area contributed by atoms with Crippen LogP contribution in [-0.2, 0) is 0 Å². The number of rotatable bonds is 3. The average Bonchev–Trinajstić information content (AvgIpc) is 3.19. The summed E-state index contributed by atoms with van der Waals surface area (Å²) in [5, 5.41) is 3.43. The number of hydrogen-bond donors (Lipinski definition) is 1. The van der Waals surface area contributed by atoms with Crippen LogP contribution in [0.5, 0.6) is 0 Å². The van der Waals surface area contributed by atoms with Gasteiger partial charge in [0.2, 0.25) is 5.95 Å². The van der Waals surface area contributed by atoms with Crippen molar-refractivity contribution in [3.8, 4) is 0 Å². The van der Waals surface area contributed by atoms with Crippen molar-refractivity contribution in [1.82, 2.24) is 19.9 Å². The molecule has 2 aromatic rings. The Bertz CT molecular complexity index is 804. The van der Waals surface area contributed by atoms with Crippen molar-refractivity contribution < 1.29 is 4.79 Å². The lowest BCUT2D eigenvalue weighted by molar-refractivity contribution is 0.0685. The summed E-state index contributed by atoms with van der Waals surface area (Å²) in [7, 11) is 0. The molecular formula is C19H23N5O. The summed E-state index contributed by atoms with van der Waals surface area (Å²) in [5.41, 5.74) is 3.43. The van der Waals surface area contributed by atoms with Crippen molar-refractivity contribution in [2.75, 3.05) is 11.9 Å². The quantitative estimate of drug-likeness (QED) is 0.932. The zero-order chi connectivity index (χ0) is 17.6. The Kier molecular flexibility index (Phi) is 3.90. The lowest BCUT2D eigenvalue weighted by Crippen LogP contribution is -2.48. The van der Waals surface area contributed by atoms with Crippen LogP contribution in [0.4, 0.5) is 5.95 Å². The Hall–Kier alpha value is -2.50. The van der Waals surface area contributed by atoms with Gasteiger partial charge in [0.25, 0.3) is 5.91 Å². The van der Waals surface area contributed by atoms with Gasteiger partial charge in [0, 0.05) is 30.7 Å². The number of piperidine rings is 1. The first-order valence-electron chi connectivity index (χ1n) is 8.81. The van der Waals surface area contributed by atoms with Gasteiger partial charge in [0.1, 0.15) is 5.69 Å². The second-order valence-electron chi connectivity index (χ2n) is 7.32. The van der Waals surface area contributed by atoms with Gasteiger partial charge in [-0.3, -0.25) is 4.79 Å². The second kappa shape index (κ2) is 6.10. The molecule has 1 amide bonds. The van der Waals surface area contributed by atoms with Crippen molar-refractivity contribution in [2.24, 2.45) is 5.92 Å². The zero-order valence-electron chi connectivity index (χ0n) is 14.9. The van der Waals surface area contributed by atoms with Gasteiger partial charge in [-0.15, -0.1) is 0 Å². The van der Waals surface area contributed by atoms with Crippen LogP contribution in [0.1, 0.15) is 40.2 Å². The highest BCUT2D eigenvalue weighted by Gasteiger charge is 2.47. The molecule has 2 aromatic heterocycles. The van der Waals surface area contributed by atoms with Gasteiger partial charge >= 0.3 is 0 Å². The SMILES string of the molecule is Cc1cnc(NC2CC3CC2N(C(=O)c2nc(C)ccc2C)C3)nc1. The monoisotopic (exact) mass is 337 g/mol. The van der Waals surface area contributed by atoms with Gasteiger partial charge in [0.05, 0.1) is 6.04 Å². The van der Waals surface area contributed by atoms with Gasteiger partial charge < -0.3 is 10.2 Å². The maximum absolute atomic E-state index is 13.1. The number of likely N-dealkylation sites (tertiary alicyclic amines) is 1. The fourth-order valence-electron chi connectivity index (χ4n) is 4.03. The van der Waals surface area contributed by atoms with E-state index in [1.54, 1.807) is 0 Å². The summed E-state index contributed by atoms with van der Waals surface area (Å²) < 4.78 is 0. The largest absolute Gasteiger partial charge is 0.349 e. The number of hydrogen-bond acceptors (Lipinski definition) is 5. The van der Waals surface area contributed by atoms with E-state index in [2.05, 4.69) is 20.3 Å². The summed E-state index contributed by atoms with van der Waals surface area (Å²) >= 11 is 0. The number of nitrogens with zero attached hydrogens (tertiary/aromatic N) is 4. The molecule has 1 N–H and O–H groups in total. The van der Waals surface area contributed by atoms with E-state index in [0.29, 0.717) is 17.6 Å². The summed E-state index contributed by atoms with van der Waals surface area (Å²) in [5.74, 6) is 1.23. The third-order valence-electron chi connectivity index (χ3n) is 5.28. The standard InChI is InChI=1S/C19H23N5O/c1-11-8-20-19(21-9-11)23-15-6-14-7-16(15)24(10-14)18(25)17-12(2)4-5-13(3)22-17/h4-5,8-9,14-16H,6-7,10H2,1-3H3,(H,20,21,23). The molecule has 1 saturated heterocycles. The number of pyridine rings is 1. The molecule has 1 aliphatic heterocycles. The predicted octanol–water partition coefficient (Wildman–Crippen LogP) is 2.51. The van der Waals surface area contributed by atoms with Gasteiger partial charge in [-0.25, -0.2) is 15.0 Å². The molecule has 0 spiro atoms. The maximum atomic E-state index is 13.1. The molecule has 3 heterocycles. The summed E-state index contributed by atoms with van der Waals surface area (Å²) in [6.07, 6.45) is 5.73. The van der Waals surface area contributed by atoms with Crippen molar-refractivity contribution in [2.45, 2.75) is 45.7 Å². The molecule has 2 bridgehead atoms. The van der Waals surface area contributed by atoms with Gasteiger partial charge in [-0.1, -0.05) is 6.07 Å². The summed E-state index contributed by atoms with van der Waals surface area (Å²) in [6.45, 7) is 6.67. The molecule has 0 radical (unpaired) electrons. The molecule has 0 aromatic carbocycles. The molecule has 2 aliphatic rings. The Morgan fingerprint density at radius 3 is 2.64 bits per heavy atom. The minimum atomic E-state index is 0.0463. The first-order valence-corrected chi connectivity index (χ1v) is 8.81. The van der Waals surface area contributed by atoms with E-state index in [1.807, 2.05) is 50.2 Å². The third kappa shape index (κ3) is 2.97. The molecule has 1 aliphatic carbocycles. The summed E-state index contributed by atoms with van der Waals surface area (Å²) in [6, 6.07) is 4.31. The van der Waals surface area contributed by atoms with E-state index in [1.165, 1.54) is 0 Å². The average molecular weight is 337 g/mol. The van der Waals surface area contributed by atoms with E-state index in [-0.39, 0.29) is 18.0 Å². The Labute approximate surface area is 147 Å². The zero-order valence-corrected chi connectivity index (χ0v) is 14.9. The highest BCUT2D eigenvalue weighted by atomic mass is 16.2. The highest BCUT2D eigenvalue weighted by Crippen LogP contribution is 2.39. The predicted molar refractivity (Wildman–Crippen MR) is 95.4 cm³/mol. The number of carbonyl (C=O) groups is 1. The molecule has 3 unspecified atom stereocenters. The number of aromatic nitrogens is 3. The van der Waals surface area contributed by atoms with Crippen LogP contribution in [0.25, 0.3) is 0 Å². The normalized spacial score (nSPS) is 24.6. The molecule has 6 nitrogen and oxygen atoms in total. The molecule has 130 valence electrons. The van der Waals surface area contributed by atoms with E-state index in [9.17, 15) is 4.79 Å². The van der Waals surface area contributed by atoms with E-state index in [4.69, 9.17) is 0 Å². The van der Waals surface area contributed by atoms with Crippen molar-refractivity contribution in [3.63, 3.8) is 0 Å². The summed E-state index contributed by atoms with van der Waals surface area (Å²) in [4.78, 5) is 28.2. The second-order valence-corrected chi connectivity index (χ2v) is 7.32. The lowest BCUT2D eigenvalue weighted by atomic mass is 10.0. The Balaban J connectivity index is 1.53. The number of nitrogens with one attached hydrogen (secondary N) is 1. The van der Waals surface area contributed by atoms with Crippen LogP contribution >= 0.6 is 0 Å². The third-order valence-corrected chi connectivity index (χ3v) is 5.28. The first-order chi connectivity index (χ1) is 12.0. The molecule has 25 heavy (non-hydrogen) atoms. The molecule has 1 saturated carbocycles. The lowest BCUT2D eigenvalue weighted by Gasteiger charge is -2.33. The van der Waals surface area contributed by atoms with Crippen molar-refractivity contribution >= 4 is 11.9 Å². The smallest absolute Gasteiger partial charge is 0.273 e. The van der Waals surface area contributed by atoms with Crippen LogP contribution in [-0.4, -0.2) is 44.4 Å². The van der Waals surface area contributed by atoms with Gasteiger partial charge in [-0.05, 0) is 56.7 Å². The fourth-order valence-corrected chi connectivity index (χ4v) is 4.03. The van der Waals surface area contributed by atoms with Crippen LogP contribution in [0.3, 0.4) is 0 Å². The van der Waals surface area contributed by atoms with Crippen LogP contribution in [0, 0.1) is 26.7 Å². The number of anilines is 1. The van der Waals surface area contributed by atoms with Crippen LogP contribution in [0.2, 0.25) is 0 Å². The number of fused-ring (bicyclic) bond motifs is 2. The van der Waals surface area contributed by atoms with Gasteiger partial charge in [0.15, 0.2) is 0 Å². The minimum absolute atomic E-state index is 0.0463. The number of amides is 1. The molecule has 3 atom stereocenters. The molecule has 4 rings (SSSR count). The highest BCUT2D eigenvalue weighted by molar-refractivity contribution is 5.94. The van der Waals surface area contributed by atoms with Gasteiger partial charge in [-0.2, -0.15) is 0 Å². The van der Waals surface area contributed by atoms with E-state index >= 15 is 0 Å². The van der Waals surface area contributed by atoms with Crippen molar-refractivity contribution in [3.05, 3.63) is 47.0 Å². The Morgan fingerprint density at radius 2 is 1.92 bits per heavy atom. The van der Waals surface area contributed by atoms with E-state index in [0.717, 1.165) is 36.2 Å². The van der Waals surface area contributed by atoms with Crippen LogP contribution in [0.15, 0.2) is 24.5 Å². The molecule has 2 fully saturated rings. The first kappa shape index (κ1) is 16.0. The number of carbonyl (C=O) groups excluding carboxylic acids is 1. The maximum Gasteiger partial charge on any atom is 0.273 e. The van der Waals surface area contributed by atoms with Crippen molar-refractivity contribution in [1.29, 1.82) is 0 Å².